The Bertz CT molecular complexity index is 1250. The lowest BCUT2D eigenvalue weighted by atomic mass is 9.80. The number of amides is 2. The summed E-state index contributed by atoms with van der Waals surface area (Å²) in [7, 11) is 0. The Morgan fingerprint density at radius 2 is 1.68 bits per heavy atom. The van der Waals surface area contributed by atoms with Crippen molar-refractivity contribution in [1.82, 2.24) is 0 Å². The van der Waals surface area contributed by atoms with E-state index in [1.807, 2.05) is 30.3 Å². The van der Waals surface area contributed by atoms with Gasteiger partial charge in [-0.2, -0.15) is 0 Å². The zero-order valence-corrected chi connectivity index (χ0v) is 16.7. The summed E-state index contributed by atoms with van der Waals surface area (Å²) in [5.41, 5.74) is -0.799. The molecule has 3 aromatic rings. The number of quaternary nitrogens is 1. The molecule has 2 amide bonds. The average molecular weight is 416 g/mol. The normalized spacial score (nSPS) is 27.6. The zero-order valence-electron chi connectivity index (χ0n) is 16.7. The van der Waals surface area contributed by atoms with Gasteiger partial charge in [0.15, 0.2) is 0 Å². The molecule has 5 rings (SSSR count). The first kappa shape index (κ1) is 19.3. The Balaban J connectivity index is 1.68. The number of nitrogens with zero attached hydrogens (tertiary/aromatic N) is 1. The van der Waals surface area contributed by atoms with Gasteiger partial charge in [0.2, 0.25) is 11.8 Å². The number of carboxylic acids is 1. The van der Waals surface area contributed by atoms with Gasteiger partial charge in [-0.05, 0) is 30.5 Å². The van der Waals surface area contributed by atoms with Gasteiger partial charge in [0.25, 0.3) is 0 Å². The molecule has 156 valence electrons. The fourth-order valence-corrected chi connectivity index (χ4v) is 5.15. The number of fused-ring (bicyclic) bond motifs is 2. The Morgan fingerprint density at radius 1 is 1.00 bits per heavy atom. The van der Waals surface area contributed by atoms with E-state index >= 15 is 0 Å². The lowest BCUT2D eigenvalue weighted by molar-refractivity contribution is -0.735. The molecule has 0 aliphatic carbocycles. The molecule has 2 aliphatic heterocycles. The molecule has 0 spiro atoms. The second kappa shape index (κ2) is 6.65. The first-order valence-corrected chi connectivity index (χ1v) is 10.1. The van der Waals surface area contributed by atoms with E-state index in [2.05, 4.69) is 0 Å². The molecule has 31 heavy (non-hydrogen) atoms. The van der Waals surface area contributed by atoms with Crippen molar-refractivity contribution in [2.75, 3.05) is 4.90 Å². The second-order valence-electron chi connectivity index (χ2n) is 8.34. The number of imide groups is 1. The van der Waals surface area contributed by atoms with Crippen LogP contribution in [-0.4, -0.2) is 28.4 Å². The van der Waals surface area contributed by atoms with Crippen molar-refractivity contribution < 1.29 is 29.9 Å². The lowest BCUT2D eigenvalue weighted by Crippen LogP contribution is -2.98. The molecule has 7 nitrogen and oxygen atoms in total. The number of benzene rings is 3. The summed E-state index contributed by atoms with van der Waals surface area (Å²) in [4.78, 5) is 40.5. The van der Waals surface area contributed by atoms with Crippen LogP contribution in [0.15, 0.2) is 66.7 Å². The molecule has 0 unspecified atom stereocenters. The highest BCUT2D eigenvalue weighted by atomic mass is 16.4. The molecule has 0 saturated carbocycles. The number of phenols is 1. The van der Waals surface area contributed by atoms with Crippen LogP contribution in [0.4, 0.5) is 5.69 Å². The van der Waals surface area contributed by atoms with Gasteiger partial charge in [-0.15, -0.1) is 0 Å². The minimum atomic E-state index is -1.65. The molecule has 2 heterocycles. The molecule has 2 aliphatic rings. The minimum absolute atomic E-state index is 0.0473. The van der Waals surface area contributed by atoms with Crippen LogP contribution in [0.3, 0.4) is 0 Å². The molecule has 2 fully saturated rings. The van der Waals surface area contributed by atoms with E-state index in [-0.39, 0.29) is 5.75 Å². The smallest absolute Gasteiger partial charge is 0.244 e. The maximum Gasteiger partial charge on any atom is 0.244 e. The Hall–Kier alpha value is -3.71. The van der Waals surface area contributed by atoms with Crippen LogP contribution in [0.25, 0.3) is 10.8 Å². The van der Waals surface area contributed by atoms with Gasteiger partial charge >= 0.3 is 0 Å². The highest BCUT2D eigenvalue weighted by Gasteiger charge is 2.68. The van der Waals surface area contributed by atoms with Gasteiger partial charge in [-0.1, -0.05) is 48.5 Å². The number of carboxylic acid groups (broad SMARTS) is 1. The lowest BCUT2D eigenvalue weighted by Gasteiger charge is -2.29. The number of hydrogen-bond donors (Lipinski definition) is 2. The number of anilines is 1. The van der Waals surface area contributed by atoms with Crippen LogP contribution in [0.2, 0.25) is 0 Å². The number of aromatic hydroxyl groups is 1. The van der Waals surface area contributed by atoms with Crippen LogP contribution in [0, 0.1) is 11.8 Å². The largest absolute Gasteiger partial charge is 0.544 e. The van der Waals surface area contributed by atoms with E-state index in [1.54, 1.807) is 30.3 Å². The Kier molecular flexibility index (Phi) is 4.13. The van der Waals surface area contributed by atoms with Crippen molar-refractivity contribution in [2.45, 2.75) is 18.5 Å². The summed E-state index contributed by atoms with van der Waals surface area (Å²) < 4.78 is 0. The quantitative estimate of drug-likeness (QED) is 0.603. The third-order valence-corrected chi connectivity index (χ3v) is 6.65. The van der Waals surface area contributed by atoms with Crippen LogP contribution in [0.5, 0.6) is 5.75 Å². The minimum Gasteiger partial charge on any atom is -0.544 e. The van der Waals surface area contributed by atoms with E-state index in [9.17, 15) is 24.6 Å². The highest BCUT2D eigenvalue weighted by Crippen LogP contribution is 2.47. The molecule has 0 radical (unpaired) electrons. The van der Waals surface area contributed by atoms with Crippen molar-refractivity contribution in [2.24, 2.45) is 11.8 Å². The Morgan fingerprint density at radius 3 is 2.42 bits per heavy atom. The molecule has 4 atom stereocenters. The van der Waals surface area contributed by atoms with E-state index < -0.39 is 41.2 Å². The maximum atomic E-state index is 13.6. The number of rotatable bonds is 3. The van der Waals surface area contributed by atoms with Crippen LogP contribution < -0.4 is 15.3 Å². The predicted molar refractivity (Wildman–Crippen MR) is 110 cm³/mol. The van der Waals surface area contributed by atoms with Gasteiger partial charge in [0.05, 0.1) is 11.3 Å². The van der Waals surface area contributed by atoms with Gasteiger partial charge < -0.3 is 20.3 Å². The van der Waals surface area contributed by atoms with Crippen molar-refractivity contribution >= 4 is 34.2 Å². The van der Waals surface area contributed by atoms with Crippen molar-refractivity contribution in [3.8, 4) is 5.75 Å². The number of carbonyl (C=O) groups is 3. The number of hydrogen-bond acceptors (Lipinski definition) is 5. The van der Waals surface area contributed by atoms with Gasteiger partial charge in [-0.25, -0.2) is 4.90 Å². The fraction of sp³-hybridized carbons (Fsp3) is 0.208. The third-order valence-electron chi connectivity index (χ3n) is 6.65. The topological polar surface area (TPSA) is 114 Å². The number of nitrogens with two attached hydrogens (primary N) is 1. The number of carbonyl (C=O) groups excluding carboxylic acids is 3. The molecule has 0 aromatic heterocycles. The monoisotopic (exact) mass is 416 g/mol. The van der Waals surface area contributed by atoms with Gasteiger partial charge in [-0.3, -0.25) is 9.59 Å². The van der Waals surface area contributed by atoms with Crippen molar-refractivity contribution in [1.29, 1.82) is 0 Å². The first-order valence-electron chi connectivity index (χ1n) is 10.1. The van der Waals surface area contributed by atoms with E-state index in [0.29, 0.717) is 11.3 Å². The molecule has 2 saturated heterocycles. The summed E-state index contributed by atoms with van der Waals surface area (Å²) in [6.45, 7) is 1.41. The summed E-state index contributed by atoms with van der Waals surface area (Å²) >= 11 is 0. The predicted octanol–water partition coefficient (Wildman–Crippen LogP) is 0.478. The summed E-state index contributed by atoms with van der Waals surface area (Å²) in [6, 6.07) is 18.5. The number of phenolic OH excluding ortho intramolecular Hbond substituents is 1. The van der Waals surface area contributed by atoms with Gasteiger partial charge in [0.1, 0.15) is 35.1 Å². The van der Waals surface area contributed by atoms with Crippen molar-refractivity contribution in [3.05, 3.63) is 72.3 Å². The molecule has 0 bridgehead atoms. The number of aliphatic carboxylic acids is 1. The maximum absolute atomic E-state index is 13.6. The van der Waals surface area contributed by atoms with Crippen LogP contribution in [-0.2, 0) is 14.4 Å². The molecular weight excluding hydrogens is 396 g/mol. The SMILES string of the molecule is C[C@@]1(C(=O)[O-])[NH2+][C@@H](c2ccccc2O)[C@H]2C(=O)N(c3cccc4ccccc34)C(=O)[C@@H]21. The fourth-order valence-electron chi connectivity index (χ4n) is 5.15. The zero-order chi connectivity index (χ0) is 21.9. The standard InChI is InChI=1S/C24H20N2O5/c1-24(23(30)31)19-18(20(25-24)15-10-4-5-12-17(15)27)21(28)26(22(19)29)16-11-6-8-13-7-2-3-9-14(13)16/h2-12,18-20,25,27H,1H3,(H,30,31)/t18-,19+,20-,24+/m0/s1. The molecule has 3 aromatic carbocycles. The van der Waals surface area contributed by atoms with Crippen LogP contribution >= 0.6 is 0 Å². The van der Waals surface area contributed by atoms with Crippen molar-refractivity contribution in [3.63, 3.8) is 0 Å². The van der Waals surface area contributed by atoms with Gasteiger partial charge in [0, 0.05) is 5.39 Å². The summed E-state index contributed by atoms with van der Waals surface area (Å²) in [6.07, 6.45) is 0. The van der Waals surface area contributed by atoms with E-state index in [1.165, 1.54) is 18.3 Å². The summed E-state index contributed by atoms with van der Waals surface area (Å²) in [5.74, 6) is -4.56. The average Bonchev–Trinajstić information content (AvgIpc) is 3.22. The molecular formula is C24H20N2O5. The summed E-state index contributed by atoms with van der Waals surface area (Å²) in [5, 5.41) is 25.6. The molecule has 7 heteroatoms. The third kappa shape index (κ3) is 2.60. The Labute approximate surface area is 177 Å². The van der Waals surface area contributed by atoms with E-state index in [4.69, 9.17) is 0 Å². The number of para-hydroxylation sites is 1. The highest BCUT2D eigenvalue weighted by molar-refractivity contribution is 6.26. The van der Waals surface area contributed by atoms with Crippen LogP contribution in [0.1, 0.15) is 18.5 Å². The second-order valence-corrected chi connectivity index (χ2v) is 8.34. The molecule has 3 N–H and O–H groups in total. The van der Waals surface area contributed by atoms with E-state index in [0.717, 1.165) is 15.7 Å². The first-order chi connectivity index (χ1) is 14.8.